The van der Waals surface area contributed by atoms with Crippen molar-refractivity contribution in [3.8, 4) is 0 Å². The van der Waals surface area contributed by atoms with E-state index in [1.54, 1.807) is 25.3 Å². The molecule has 1 aromatic rings. The van der Waals surface area contributed by atoms with Crippen LogP contribution in [0.3, 0.4) is 0 Å². The number of sulfonamides is 1. The maximum absolute atomic E-state index is 12.7. The number of benzene rings is 1. The smallest absolute Gasteiger partial charge is 0.244 e. The van der Waals surface area contributed by atoms with Crippen LogP contribution in [0.25, 0.3) is 0 Å². The van der Waals surface area contributed by atoms with E-state index in [4.69, 9.17) is 10.5 Å². The third kappa shape index (κ3) is 3.73. The number of hydrogen-bond donors (Lipinski definition) is 1. The zero-order valence-electron chi connectivity index (χ0n) is 11.9. The van der Waals surface area contributed by atoms with Crippen LogP contribution in [0.15, 0.2) is 39.2 Å². The van der Waals surface area contributed by atoms with Gasteiger partial charge in [0.1, 0.15) is 0 Å². The molecule has 116 valence electrons. The molecule has 0 aromatic heterocycles. The fourth-order valence-electron chi connectivity index (χ4n) is 2.25. The molecule has 21 heavy (non-hydrogen) atoms. The van der Waals surface area contributed by atoms with Gasteiger partial charge >= 0.3 is 0 Å². The molecule has 2 N–H and O–H groups in total. The van der Waals surface area contributed by atoms with Crippen LogP contribution in [0.4, 0.5) is 0 Å². The second kappa shape index (κ2) is 7.02. The summed E-state index contributed by atoms with van der Waals surface area (Å²) in [5, 5.41) is 0. The van der Waals surface area contributed by atoms with Crippen LogP contribution in [0, 0.1) is 0 Å². The molecule has 5 nitrogen and oxygen atoms in total. The van der Waals surface area contributed by atoms with E-state index in [0.29, 0.717) is 37.1 Å². The molecule has 2 rings (SSSR count). The minimum absolute atomic E-state index is 0.281. The fraction of sp³-hybridized carbons (Fsp3) is 0.429. The van der Waals surface area contributed by atoms with Gasteiger partial charge in [-0.1, -0.05) is 12.1 Å². The Labute approximate surface area is 133 Å². The number of rotatable bonds is 5. The lowest BCUT2D eigenvalue weighted by molar-refractivity contribution is 0.219. The Balaban J connectivity index is 2.23. The Morgan fingerprint density at radius 2 is 2.19 bits per heavy atom. The van der Waals surface area contributed by atoms with Gasteiger partial charge in [0, 0.05) is 31.2 Å². The molecule has 0 saturated carbocycles. The quantitative estimate of drug-likeness (QED) is 0.798. The summed E-state index contributed by atoms with van der Waals surface area (Å²) in [7, 11) is -1.86. The molecule has 1 aromatic carbocycles. The van der Waals surface area contributed by atoms with Gasteiger partial charge in [-0.2, -0.15) is 4.31 Å². The van der Waals surface area contributed by atoms with Gasteiger partial charge in [0.2, 0.25) is 10.0 Å². The molecule has 0 fully saturated rings. The first-order chi connectivity index (χ1) is 9.98. The Kier molecular flexibility index (Phi) is 5.56. The van der Waals surface area contributed by atoms with Crippen molar-refractivity contribution in [3.05, 3.63) is 39.9 Å². The molecule has 0 aliphatic carbocycles. The molecule has 1 heterocycles. The molecule has 1 aliphatic rings. The van der Waals surface area contributed by atoms with E-state index in [1.165, 1.54) is 4.31 Å². The van der Waals surface area contributed by atoms with E-state index >= 15 is 0 Å². The highest BCUT2D eigenvalue weighted by atomic mass is 79.9. The minimum Gasteiger partial charge on any atom is -0.380 e. The first kappa shape index (κ1) is 16.6. The van der Waals surface area contributed by atoms with Crippen molar-refractivity contribution >= 4 is 26.0 Å². The number of nitrogens with two attached hydrogens (primary N) is 1. The lowest BCUT2D eigenvalue weighted by Crippen LogP contribution is -2.35. The van der Waals surface area contributed by atoms with Crippen molar-refractivity contribution in [3.63, 3.8) is 0 Å². The topological polar surface area (TPSA) is 72.6 Å². The first-order valence-corrected chi connectivity index (χ1v) is 8.88. The van der Waals surface area contributed by atoms with Crippen molar-refractivity contribution in [1.82, 2.24) is 4.31 Å². The monoisotopic (exact) mass is 374 g/mol. The zero-order valence-corrected chi connectivity index (χ0v) is 14.3. The average Bonchev–Trinajstić information content (AvgIpc) is 2.47. The van der Waals surface area contributed by atoms with Crippen molar-refractivity contribution < 1.29 is 13.2 Å². The van der Waals surface area contributed by atoms with E-state index in [-0.39, 0.29) is 4.90 Å². The van der Waals surface area contributed by atoms with Crippen molar-refractivity contribution in [1.29, 1.82) is 0 Å². The number of ether oxygens (including phenoxy) is 1. The van der Waals surface area contributed by atoms with E-state index in [2.05, 4.69) is 15.9 Å². The maximum atomic E-state index is 12.7. The van der Waals surface area contributed by atoms with Crippen LogP contribution in [-0.4, -0.2) is 39.5 Å². The number of methoxy groups -OCH3 is 1. The average molecular weight is 375 g/mol. The highest BCUT2D eigenvalue weighted by molar-refractivity contribution is 9.10. The Morgan fingerprint density at radius 3 is 2.71 bits per heavy atom. The lowest BCUT2D eigenvalue weighted by atomic mass is 10.1. The Bertz CT molecular complexity index is 644. The van der Waals surface area contributed by atoms with Crippen LogP contribution >= 0.6 is 15.9 Å². The van der Waals surface area contributed by atoms with E-state index in [0.717, 1.165) is 11.1 Å². The van der Waals surface area contributed by atoms with Gasteiger partial charge in [-0.25, -0.2) is 8.42 Å². The van der Waals surface area contributed by atoms with Crippen molar-refractivity contribution in [2.45, 2.75) is 17.9 Å². The molecule has 1 aliphatic heterocycles. The van der Waals surface area contributed by atoms with Crippen LogP contribution < -0.4 is 5.73 Å². The van der Waals surface area contributed by atoms with Crippen LogP contribution in [0.2, 0.25) is 0 Å². The van der Waals surface area contributed by atoms with Crippen molar-refractivity contribution in [2.75, 3.05) is 26.8 Å². The third-order valence-corrected chi connectivity index (χ3v) is 6.29. The molecule has 0 unspecified atom stereocenters. The highest BCUT2D eigenvalue weighted by Gasteiger charge is 2.27. The summed E-state index contributed by atoms with van der Waals surface area (Å²) >= 11 is 3.33. The minimum atomic E-state index is -3.50. The van der Waals surface area contributed by atoms with E-state index in [9.17, 15) is 8.42 Å². The molecule has 0 saturated heterocycles. The van der Waals surface area contributed by atoms with Crippen LogP contribution in [0.1, 0.15) is 12.0 Å². The van der Waals surface area contributed by atoms with E-state index < -0.39 is 10.0 Å². The molecule has 7 heteroatoms. The van der Waals surface area contributed by atoms with Crippen molar-refractivity contribution in [2.24, 2.45) is 5.73 Å². The van der Waals surface area contributed by atoms with Crippen LogP contribution in [0.5, 0.6) is 0 Å². The summed E-state index contributed by atoms with van der Waals surface area (Å²) < 4.78 is 32.5. The van der Waals surface area contributed by atoms with Gasteiger partial charge in [-0.05, 0) is 45.6 Å². The molecule has 0 atom stereocenters. The molecule has 0 spiro atoms. The third-order valence-electron chi connectivity index (χ3n) is 3.45. The van der Waals surface area contributed by atoms with E-state index in [1.807, 2.05) is 6.08 Å². The molecular weight excluding hydrogens is 356 g/mol. The predicted molar refractivity (Wildman–Crippen MR) is 85.4 cm³/mol. The van der Waals surface area contributed by atoms with Gasteiger partial charge in [-0.15, -0.1) is 0 Å². The highest BCUT2D eigenvalue weighted by Crippen LogP contribution is 2.27. The fourth-order valence-corrected chi connectivity index (χ4v) is 4.71. The second-order valence-corrected chi connectivity index (χ2v) is 7.64. The SMILES string of the molecule is COCC1=CCN(S(=O)(=O)c2ccc(CN)cc2Br)CC1. The Morgan fingerprint density at radius 1 is 1.43 bits per heavy atom. The molecule has 0 bridgehead atoms. The number of nitrogens with zero attached hydrogens (tertiary/aromatic N) is 1. The summed E-state index contributed by atoms with van der Waals surface area (Å²) in [6.45, 7) is 1.79. The summed E-state index contributed by atoms with van der Waals surface area (Å²) in [5.41, 5.74) is 7.59. The zero-order chi connectivity index (χ0) is 15.5. The number of halogens is 1. The second-order valence-electron chi connectivity index (χ2n) is 4.88. The predicted octanol–water partition coefficient (Wildman–Crippen LogP) is 1.88. The van der Waals surface area contributed by atoms with Gasteiger partial charge < -0.3 is 10.5 Å². The van der Waals surface area contributed by atoms with Gasteiger partial charge in [-0.3, -0.25) is 0 Å². The summed E-state index contributed by atoms with van der Waals surface area (Å²) in [6, 6.07) is 5.10. The summed E-state index contributed by atoms with van der Waals surface area (Å²) in [4.78, 5) is 0.281. The first-order valence-electron chi connectivity index (χ1n) is 6.64. The van der Waals surface area contributed by atoms with Gasteiger partial charge in [0.25, 0.3) is 0 Å². The maximum Gasteiger partial charge on any atom is 0.244 e. The molecular formula is C14H19BrN2O3S. The Hall–Kier alpha value is -0.730. The normalized spacial score (nSPS) is 16.8. The largest absolute Gasteiger partial charge is 0.380 e. The summed E-state index contributed by atoms with van der Waals surface area (Å²) in [5.74, 6) is 0. The summed E-state index contributed by atoms with van der Waals surface area (Å²) in [6.07, 6.45) is 2.62. The lowest BCUT2D eigenvalue weighted by Gasteiger charge is -2.26. The van der Waals surface area contributed by atoms with Crippen LogP contribution in [-0.2, 0) is 21.3 Å². The molecule has 0 amide bonds. The standard InChI is InChI=1S/C14H19BrN2O3S/c1-20-10-11-4-6-17(7-5-11)21(18,19)14-3-2-12(9-16)8-13(14)15/h2-4,8H,5-7,9-10,16H2,1H3. The number of hydrogen-bond acceptors (Lipinski definition) is 4. The van der Waals surface area contributed by atoms with Gasteiger partial charge in [0.15, 0.2) is 0 Å². The van der Waals surface area contributed by atoms with Gasteiger partial charge in [0.05, 0.1) is 11.5 Å². The molecule has 0 radical (unpaired) electrons.